The highest BCUT2D eigenvalue weighted by Gasteiger charge is 2.30. The van der Waals surface area contributed by atoms with Gasteiger partial charge < -0.3 is 4.74 Å². The van der Waals surface area contributed by atoms with Crippen LogP contribution in [0.3, 0.4) is 0 Å². The van der Waals surface area contributed by atoms with E-state index in [2.05, 4.69) is 26.1 Å². The fourth-order valence-electron chi connectivity index (χ4n) is 1.50. The van der Waals surface area contributed by atoms with Crippen molar-refractivity contribution in [2.24, 2.45) is 0 Å². The molecule has 100 valence electrons. The second kappa shape index (κ2) is 5.16. The molecule has 1 aromatic carbocycles. The van der Waals surface area contributed by atoms with Crippen LogP contribution in [0.15, 0.2) is 34.9 Å². The van der Waals surface area contributed by atoms with Crippen LogP contribution in [0.2, 0.25) is 0 Å². The fourth-order valence-corrected chi connectivity index (χ4v) is 1.85. The Hall–Kier alpha value is -1.63. The lowest BCUT2D eigenvalue weighted by Gasteiger charge is -2.09. The van der Waals surface area contributed by atoms with E-state index in [-0.39, 0.29) is 0 Å². The summed E-state index contributed by atoms with van der Waals surface area (Å²) < 4.78 is 43.3. The van der Waals surface area contributed by atoms with Gasteiger partial charge in [0, 0.05) is 11.6 Å². The number of aromatic nitrogens is 2. The molecule has 0 saturated heterocycles. The van der Waals surface area contributed by atoms with Crippen molar-refractivity contribution < 1.29 is 17.9 Å². The summed E-state index contributed by atoms with van der Waals surface area (Å²) in [5.41, 5.74) is -0.0899. The van der Waals surface area contributed by atoms with Gasteiger partial charge >= 0.3 is 6.18 Å². The van der Waals surface area contributed by atoms with Crippen LogP contribution in [0.4, 0.5) is 13.2 Å². The van der Waals surface area contributed by atoms with Gasteiger partial charge in [0.25, 0.3) is 0 Å². The third-order valence-electron chi connectivity index (χ3n) is 2.42. The molecule has 0 amide bonds. The van der Waals surface area contributed by atoms with Crippen molar-refractivity contribution >= 4 is 15.9 Å². The number of nitrogens with zero attached hydrogens (tertiary/aromatic N) is 2. The van der Waals surface area contributed by atoms with Gasteiger partial charge in [0.1, 0.15) is 0 Å². The van der Waals surface area contributed by atoms with Crippen LogP contribution < -0.4 is 4.74 Å². The van der Waals surface area contributed by atoms with Gasteiger partial charge in [-0.25, -0.2) is 0 Å². The summed E-state index contributed by atoms with van der Waals surface area (Å²) in [7, 11) is 1.44. The third kappa shape index (κ3) is 3.04. The predicted octanol–water partition coefficient (Wildman–Crippen LogP) is 3.93. The van der Waals surface area contributed by atoms with Gasteiger partial charge in [-0.15, -0.1) is 10.2 Å². The van der Waals surface area contributed by atoms with Crippen LogP contribution >= 0.6 is 15.9 Å². The smallest absolute Gasteiger partial charge is 0.416 e. The van der Waals surface area contributed by atoms with Gasteiger partial charge in [-0.1, -0.05) is 12.1 Å². The van der Waals surface area contributed by atoms with Crippen molar-refractivity contribution in [1.29, 1.82) is 0 Å². The summed E-state index contributed by atoms with van der Waals surface area (Å²) in [6.45, 7) is 0. The predicted molar refractivity (Wildman–Crippen MR) is 66.7 cm³/mol. The highest BCUT2D eigenvalue weighted by atomic mass is 79.9. The number of hydrogen-bond donors (Lipinski definition) is 0. The first-order valence-corrected chi connectivity index (χ1v) is 5.96. The summed E-state index contributed by atoms with van der Waals surface area (Å²) in [5, 5.41) is 7.61. The van der Waals surface area contributed by atoms with E-state index in [1.165, 1.54) is 25.3 Å². The molecule has 0 radical (unpaired) electrons. The number of halogens is 4. The minimum atomic E-state index is -4.39. The number of benzene rings is 1. The van der Waals surface area contributed by atoms with Crippen LogP contribution in [0, 0.1) is 0 Å². The lowest BCUT2D eigenvalue weighted by molar-refractivity contribution is -0.137. The van der Waals surface area contributed by atoms with Gasteiger partial charge in [0.05, 0.1) is 18.4 Å². The average molecular weight is 333 g/mol. The molecule has 0 fully saturated rings. The Morgan fingerprint density at radius 2 is 1.89 bits per heavy atom. The highest BCUT2D eigenvalue weighted by molar-refractivity contribution is 9.10. The highest BCUT2D eigenvalue weighted by Crippen LogP contribution is 2.33. The lowest BCUT2D eigenvalue weighted by atomic mass is 10.1. The summed E-state index contributed by atoms with van der Waals surface area (Å²) in [5.74, 6) is 0.405. The van der Waals surface area contributed by atoms with Gasteiger partial charge in [-0.05, 0) is 28.1 Å². The first-order valence-electron chi connectivity index (χ1n) is 5.16. The number of rotatable bonds is 2. The molecule has 0 unspecified atom stereocenters. The molecular formula is C12H8BrF3N2O. The normalized spacial score (nSPS) is 11.4. The monoisotopic (exact) mass is 332 g/mol. The van der Waals surface area contributed by atoms with Crippen LogP contribution in [0.1, 0.15) is 5.56 Å². The summed E-state index contributed by atoms with van der Waals surface area (Å²) in [6.07, 6.45) is -4.39. The molecule has 0 atom stereocenters. The van der Waals surface area contributed by atoms with E-state index in [1.54, 1.807) is 0 Å². The minimum Gasteiger partial charge on any atom is -0.494 e. The zero-order chi connectivity index (χ0) is 14.0. The SMILES string of the molecule is COc1cc(-c2cccc(C(F)(F)F)c2)nnc1Br. The first kappa shape index (κ1) is 13.8. The molecule has 2 rings (SSSR count). The maximum atomic E-state index is 12.6. The van der Waals surface area contributed by atoms with Crippen molar-refractivity contribution in [3.05, 3.63) is 40.5 Å². The van der Waals surface area contributed by atoms with Crippen molar-refractivity contribution in [3.63, 3.8) is 0 Å². The zero-order valence-corrected chi connectivity index (χ0v) is 11.3. The van der Waals surface area contributed by atoms with E-state index in [1.807, 2.05) is 0 Å². The Kier molecular flexibility index (Phi) is 3.75. The van der Waals surface area contributed by atoms with Gasteiger partial charge in [-0.3, -0.25) is 0 Å². The Morgan fingerprint density at radius 3 is 2.53 bits per heavy atom. The van der Waals surface area contributed by atoms with E-state index >= 15 is 0 Å². The average Bonchev–Trinajstić information content (AvgIpc) is 2.38. The molecule has 0 aliphatic heterocycles. The summed E-state index contributed by atoms with van der Waals surface area (Å²) in [4.78, 5) is 0. The Morgan fingerprint density at radius 1 is 1.16 bits per heavy atom. The molecule has 1 heterocycles. The fraction of sp³-hybridized carbons (Fsp3) is 0.167. The lowest BCUT2D eigenvalue weighted by Crippen LogP contribution is -2.04. The molecule has 0 aliphatic rings. The van der Waals surface area contributed by atoms with Gasteiger partial charge in [-0.2, -0.15) is 13.2 Å². The number of methoxy groups -OCH3 is 1. The van der Waals surface area contributed by atoms with Crippen molar-refractivity contribution in [2.75, 3.05) is 7.11 Å². The van der Waals surface area contributed by atoms with Gasteiger partial charge in [0.15, 0.2) is 10.4 Å². The van der Waals surface area contributed by atoms with E-state index in [0.29, 0.717) is 21.6 Å². The van der Waals surface area contributed by atoms with E-state index in [9.17, 15) is 13.2 Å². The Labute approximate surface area is 115 Å². The molecule has 3 nitrogen and oxygen atoms in total. The van der Waals surface area contributed by atoms with Crippen molar-refractivity contribution in [1.82, 2.24) is 10.2 Å². The molecule has 2 aromatic rings. The molecule has 0 aliphatic carbocycles. The quantitative estimate of drug-likeness (QED) is 0.835. The molecule has 19 heavy (non-hydrogen) atoms. The summed E-state index contributed by atoms with van der Waals surface area (Å²) >= 11 is 3.13. The minimum absolute atomic E-state index is 0.311. The van der Waals surface area contributed by atoms with Crippen LogP contribution in [0.5, 0.6) is 5.75 Å². The summed E-state index contributed by atoms with van der Waals surface area (Å²) in [6, 6.07) is 6.41. The zero-order valence-electron chi connectivity index (χ0n) is 9.70. The molecule has 0 saturated carbocycles. The molecular weight excluding hydrogens is 325 g/mol. The Bertz CT molecular complexity index is 602. The van der Waals surface area contributed by atoms with Crippen molar-refractivity contribution in [3.8, 4) is 17.0 Å². The topological polar surface area (TPSA) is 35.0 Å². The molecule has 0 spiro atoms. The molecule has 1 aromatic heterocycles. The number of hydrogen-bond acceptors (Lipinski definition) is 3. The number of ether oxygens (including phenoxy) is 1. The molecule has 7 heteroatoms. The Balaban J connectivity index is 2.47. The second-order valence-corrected chi connectivity index (χ2v) is 4.42. The third-order valence-corrected chi connectivity index (χ3v) is 2.97. The standard InChI is InChI=1S/C12H8BrF3N2O/c1-19-10-6-9(17-18-11(10)13)7-3-2-4-8(5-7)12(14,15)16/h2-6H,1H3. The molecule has 0 N–H and O–H groups in total. The van der Waals surface area contributed by atoms with Crippen molar-refractivity contribution in [2.45, 2.75) is 6.18 Å². The van der Waals surface area contributed by atoms with Crippen LogP contribution in [0.25, 0.3) is 11.3 Å². The second-order valence-electron chi connectivity index (χ2n) is 3.67. The van der Waals surface area contributed by atoms with Crippen LogP contribution in [-0.4, -0.2) is 17.3 Å². The maximum absolute atomic E-state index is 12.6. The van der Waals surface area contributed by atoms with Gasteiger partial charge in [0.2, 0.25) is 0 Å². The van der Waals surface area contributed by atoms with Crippen LogP contribution in [-0.2, 0) is 6.18 Å². The van der Waals surface area contributed by atoms with E-state index in [4.69, 9.17) is 4.74 Å². The van der Waals surface area contributed by atoms with E-state index in [0.717, 1.165) is 12.1 Å². The molecule has 0 bridgehead atoms. The number of alkyl halides is 3. The largest absolute Gasteiger partial charge is 0.494 e. The maximum Gasteiger partial charge on any atom is 0.416 e. The first-order chi connectivity index (χ1) is 8.91. The van der Waals surface area contributed by atoms with E-state index < -0.39 is 11.7 Å².